The predicted molar refractivity (Wildman–Crippen MR) is 131 cm³/mol. The topological polar surface area (TPSA) is 106 Å². The molecule has 1 saturated heterocycles. The first-order valence-electron chi connectivity index (χ1n) is 11.3. The van der Waals surface area contributed by atoms with Gasteiger partial charge < -0.3 is 4.90 Å². The largest absolute Gasteiger partial charge is 0.336 e. The fourth-order valence-corrected chi connectivity index (χ4v) is 6.02. The van der Waals surface area contributed by atoms with Crippen molar-refractivity contribution in [1.29, 1.82) is 0 Å². The van der Waals surface area contributed by atoms with Gasteiger partial charge in [-0.3, -0.25) is 14.2 Å². The molecule has 0 atom stereocenters. The van der Waals surface area contributed by atoms with Crippen molar-refractivity contribution in [2.75, 3.05) is 26.2 Å². The molecule has 4 aromatic rings. The van der Waals surface area contributed by atoms with Crippen LogP contribution in [-0.2, 0) is 24.1 Å². The third-order valence-corrected chi connectivity index (χ3v) is 8.79. The van der Waals surface area contributed by atoms with Crippen LogP contribution in [0.1, 0.15) is 21.7 Å². The van der Waals surface area contributed by atoms with E-state index in [4.69, 9.17) is 4.98 Å². The third-order valence-electron chi connectivity index (χ3n) is 6.79. The van der Waals surface area contributed by atoms with E-state index >= 15 is 0 Å². The quantitative estimate of drug-likeness (QED) is 0.431. The number of carbonyl (C=O) groups is 1. The third kappa shape index (κ3) is 3.90. The summed E-state index contributed by atoms with van der Waals surface area (Å²) in [5.74, 6) is -0.138. The molecular weight excluding hydrogens is 466 g/mol. The molecule has 0 N–H and O–H groups in total. The molecule has 4 heterocycles. The molecule has 0 unspecified atom stereocenters. The maximum Gasteiger partial charge on any atom is 0.254 e. The summed E-state index contributed by atoms with van der Waals surface area (Å²) in [5.41, 5.74) is 4.37. The molecule has 1 aromatic carbocycles. The summed E-state index contributed by atoms with van der Waals surface area (Å²) < 4.78 is 31.0. The minimum Gasteiger partial charge on any atom is -0.336 e. The van der Waals surface area contributed by atoms with Gasteiger partial charge in [-0.05, 0) is 26.0 Å². The van der Waals surface area contributed by atoms with E-state index < -0.39 is 10.0 Å². The van der Waals surface area contributed by atoms with Gasteiger partial charge >= 0.3 is 0 Å². The first-order chi connectivity index (χ1) is 16.7. The molecule has 182 valence electrons. The van der Waals surface area contributed by atoms with Crippen LogP contribution in [0.2, 0.25) is 0 Å². The molecule has 0 saturated carbocycles. The lowest BCUT2D eigenvalue weighted by Gasteiger charge is -2.34. The van der Waals surface area contributed by atoms with Crippen LogP contribution in [0.5, 0.6) is 0 Å². The van der Waals surface area contributed by atoms with Crippen molar-refractivity contribution in [1.82, 2.24) is 33.8 Å². The number of benzene rings is 1. The zero-order chi connectivity index (χ0) is 24.9. The number of aromatic nitrogens is 5. The summed E-state index contributed by atoms with van der Waals surface area (Å²) in [7, 11) is -0.0916. The number of hydrogen-bond donors (Lipinski definition) is 0. The number of carbonyl (C=O) groups excluding carboxylic acids is 1. The van der Waals surface area contributed by atoms with Gasteiger partial charge in [-0.15, -0.1) is 0 Å². The Balaban J connectivity index is 1.43. The molecule has 1 aliphatic heterocycles. The van der Waals surface area contributed by atoms with Crippen LogP contribution in [0.4, 0.5) is 0 Å². The van der Waals surface area contributed by atoms with Crippen LogP contribution in [0.15, 0.2) is 47.6 Å². The van der Waals surface area contributed by atoms with Gasteiger partial charge in [0, 0.05) is 56.9 Å². The highest BCUT2D eigenvalue weighted by molar-refractivity contribution is 7.89. The average Bonchev–Trinajstić information content (AvgIpc) is 3.38. The number of rotatable bonds is 4. The lowest BCUT2D eigenvalue weighted by atomic mass is 10.0. The number of para-hydroxylation sites is 1. The molecule has 0 spiro atoms. The van der Waals surface area contributed by atoms with E-state index in [1.807, 2.05) is 44.3 Å². The fraction of sp³-hybridized carbons (Fsp3) is 0.333. The lowest BCUT2D eigenvalue weighted by Crippen LogP contribution is -2.50. The Labute approximate surface area is 203 Å². The van der Waals surface area contributed by atoms with Crippen LogP contribution in [0, 0.1) is 13.8 Å². The highest BCUT2D eigenvalue weighted by Crippen LogP contribution is 2.28. The normalized spacial score (nSPS) is 15.1. The standard InChI is InChI=1S/C24H27N7O3S/c1-16-20(14-25-28(16)3)22-13-19(18-7-5-6-8-21(18)27-22)24(32)30-9-11-31(12-10-30)35(33,34)23-15-26-29(4)17(23)2/h5-8,13-15H,9-12H2,1-4H3. The Kier molecular flexibility index (Phi) is 5.68. The minimum atomic E-state index is -3.67. The number of nitrogens with zero attached hydrogens (tertiary/aromatic N) is 7. The van der Waals surface area contributed by atoms with Crippen molar-refractivity contribution >= 4 is 26.8 Å². The second-order valence-corrected chi connectivity index (χ2v) is 10.7. The fourth-order valence-electron chi connectivity index (χ4n) is 4.41. The van der Waals surface area contributed by atoms with Gasteiger partial charge in [0.05, 0.1) is 34.9 Å². The Hall–Kier alpha value is -3.57. The second-order valence-electron chi connectivity index (χ2n) is 8.75. The average molecular weight is 494 g/mol. The van der Waals surface area contributed by atoms with E-state index in [9.17, 15) is 13.2 Å². The van der Waals surface area contributed by atoms with Crippen molar-refractivity contribution < 1.29 is 13.2 Å². The first-order valence-corrected chi connectivity index (χ1v) is 12.8. The van der Waals surface area contributed by atoms with E-state index in [0.717, 1.165) is 22.2 Å². The number of amides is 1. The minimum absolute atomic E-state index is 0.138. The van der Waals surface area contributed by atoms with Crippen LogP contribution < -0.4 is 0 Å². The van der Waals surface area contributed by atoms with Crippen LogP contribution in [0.25, 0.3) is 22.2 Å². The summed E-state index contributed by atoms with van der Waals surface area (Å²) in [5, 5.41) is 9.15. The molecule has 11 heteroatoms. The van der Waals surface area contributed by atoms with E-state index in [-0.39, 0.29) is 23.9 Å². The van der Waals surface area contributed by atoms with Crippen molar-refractivity contribution in [2.45, 2.75) is 18.7 Å². The summed E-state index contributed by atoms with van der Waals surface area (Å²) in [4.78, 5) is 20.4. The molecule has 1 fully saturated rings. The van der Waals surface area contributed by atoms with Crippen LogP contribution in [0.3, 0.4) is 0 Å². The van der Waals surface area contributed by atoms with Crippen LogP contribution >= 0.6 is 0 Å². The summed E-state index contributed by atoms with van der Waals surface area (Å²) in [6.07, 6.45) is 3.14. The Morgan fingerprint density at radius 1 is 0.914 bits per heavy atom. The molecule has 10 nitrogen and oxygen atoms in total. The Bertz CT molecular complexity index is 1550. The molecule has 5 rings (SSSR count). The zero-order valence-electron chi connectivity index (χ0n) is 20.1. The summed E-state index contributed by atoms with van der Waals surface area (Å²) >= 11 is 0. The second kappa shape index (κ2) is 8.58. The molecule has 0 radical (unpaired) electrons. The van der Waals surface area contributed by atoms with Gasteiger partial charge in [-0.1, -0.05) is 18.2 Å². The number of pyridine rings is 1. The molecule has 0 aliphatic carbocycles. The molecule has 1 amide bonds. The highest BCUT2D eigenvalue weighted by Gasteiger charge is 2.33. The summed E-state index contributed by atoms with van der Waals surface area (Å²) in [6.45, 7) is 4.74. The maximum absolute atomic E-state index is 13.7. The SMILES string of the molecule is Cc1c(-c2cc(C(=O)N3CCN(S(=O)(=O)c4cnn(C)c4C)CC3)c3ccccc3n2)cnn1C. The predicted octanol–water partition coefficient (Wildman–Crippen LogP) is 2.13. The number of piperazine rings is 1. The Morgan fingerprint density at radius 3 is 2.20 bits per heavy atom. The number of hydrogen-bond acceptors (Lipinski definition) is 6. The summed E-state index contributed by atoms with van der Waals surface area (Å²) in [6, 6.07) is 9.38. The lowest BCUT2D eigenvalue weighted by molar-refractivity contribution is 0.0700. The van der Waals surface area contributed by atoms with E-state index in [1.54, 1.807) is 34.4 Å². The maximum atomic E-state index is 13.7. The number of aryl methyl sites for hydroxylation is 2. The molecular formula is C24H27N7O3S. The molecule has 0 bridgehead atoms. The van der Waals surface area contributed by atoms with Crippen molar-refractivity contribution in [3.63, 3.8) is 0 Å². The molecule has 35 heavy (non-hydrogen) atoms. The zero-order valence-corrected chi connectivity index (χ0v) is 20.9. The molecule has 3 aromatic heterocycles. The van der Waals surface area contributed by atoms with E-state index in [2.05, 4.69) is 10.2 Å². The van der Waals surface area contributed by atoms with Crippen molar-refractivity contribution in [3.05, 3.63) is 59.7 Å². The molecule has 1 aliphatic rings. The van der Waals surface area contributed by atoms with Gasteiger partial charge in [0.1, 0.15) is 4.90 Å². The van der Waals surface area contributed by atoms with Gasteiger partial charge in [0.2, 0.25) is 10.0 Å². The first kappa shape index (κ1) is 23.2. The van der Waals surface area contributed by atoms with Crippen molar-refractivity contribution in [3.8, 4) is 11.3 Å². The van der Waals surface area contributed by atoms with Gasteiger partial charge in [-0.2, -0.15) is 14.5 Å². The van der Waals surface area contributed by atoms with Gasteiger partial charge in [0.25, 0.3) is 5.91 Å². The van der Waals surface area contributed by atoms with Crippen LogP contribution in [-0.4, -0.2) is 74.3 Å². The van der Waals surface area contributed by atoms with E-state index in [1.165, 1.54) is 10.5 Å². The van der Waals surface area contributed by atoms with Gasteiger partial charge in [-0.25, -0.2) is 13.4 Å². The smallest absolute Gasteiger partial charge is 0.254 e. The van der Waals surface area contributed by atoms with E-state index in [0.29, 0.717) is 30.0 Å². The monoisotopic (exact) mass is 493 g/mol. The van der Waals surface area contributed by atoms with Gasteiger partial charge in [0.15, 0.2) is 0 Å². The Morgan fingerprint density at radius 2 is 1.57 bits per heavy atom. The number of sulfonamides is 1. The number of fused-ring (bicyclic) bond motifs is 1. The highest BCUT2D eigenvalue weighted by atomic mass is 32.2. The van der Waals surface area contributed by atoms with Crippen molar-refractivity contribution in [2.24, 2.45) is 14.1 Å².